The van der Waals surface area contributed by atoms with Gasteiger partial charge in [-0.3, -0.25) is 9.59 Å². The molecule has 0 saturated heterocycles. The second-order valence-corrected chi connectivity index (χ2v) is 7.15. The maximum Gasteiger partial charge on any atom is 0.277 e. The van der Waals surface area contributed by atoms with Gasteiger partial charge in [0, 0.05) is 5.56 Å². The summed E-state index contributed by atoms with van der Waals surface area (Å²) in [6, 6.07) is 7.47. The molecular weight excluding hydrogens is 328 g/mol. The summed E-state index contributed by atoms with van der Waals surface area (Å²) in [4.78, 5) is 22.8. The molecule has 0 fully saturated rings. The van der Waals surface area contributed by atoms with Gasteiger partial charge in [-0.25, -0.2) is 0 Å². The number of carbonyl (C=O) groups excluding carboxylic acids is 2. The number of thioether (sulfide) groups is 1. The third kappa shape index (κ3) is 5.09. The van der Waals surface area contributed by atoms with Crippen LogP contribution in [0.1, 0.15) is 42.6 Å². The number of amides is 2. The molecule has 0 radical (unpaired) electrons. The average molecular weight is 348 g/mol. The van der Waals surface area contributed by atoms with Crippen LogP contribution in [0.3, 0.4) is 0 Å². The molecule has 0 atom stereocenters. The lowest BCUT2D eigenvalue weighted by Crippen LogP contribution is -2.23. The number of nitrogens with zero attached hydrogens (tertiary/aromatic N) is 2. The molecule has 0 saturated carbocycles. The fraction of sp³-hybridized carbons (Fsp3) is 0.375. The van der Waals surface area contributed by atoms with Crippen molar-refractivity contribution in [2.24, 2.45) is 5.73 Å². The van der Waals surface area contributed by atoms with E-state index in [-0.39, 0.29) is 34.7 Å². The second-order valence-electron chi connectivity index (χ2n) is 6.23. The van der Waals surface area contributed by atoms with Gasteiger partial charge in [-0.05, 0) is 23.1 Å². The number of aromatic nitrogens is 2. The van der Waals surface area contributed by atoms with Crippen molar-refractivity contribution in [3.63, 3.8) is 0 Å². The zero-order valence-electron chi connectivity index (χ0n) is 13.8. The Morgan fingerprint density at radius 3 is 2.46 bits per heavy atom. The van der Waals surface area contributed by atoms with Crippen LogP contribution in [-0.4, -0.2) is 27.8 Å². The Hall–Kier alpha value is -2.35. The Bertz CT molecular complexity index is 720. The minimum atomic E-state index is -0.466. The maximum absolute atomic E-state index is 12.1. The van der Waals surface area contributed by atoms with Gasteiger partial charge in [-0.15, -0.1) is 10.2 Å². The van der Waals surface area contributed by atoms with Crippen LogP contribution in [0.4, 0.5) is 0 Å². The van der Waals surface area contributed by atoms with Crippen molar-refractivity contribution in [1.29, 1.82) is 0 Å². The summed E-state index contributed by atoms with van der Waals surface area (Å²) in [5.74, 6) is -0.359. The molecule has 1 heterocycles. The number of hydrogen-bond donors (Lipinski definition) is 2. The van der Waals surface area contributed by atoms with E-state index in [1.165, 1.54) is 0 Å². The zero-order chi connectivity index (χ0) is 17.7. The molecule has 3 N–H and O–H groups in total. The molecule has 128 valence electrons. The first-order valence-corrected chi connectivity index (χ1v) is 8.36. The van der Waals surface area contributed by atoms with Crippen molar-refractivity contribution < 1.29 is 14.0 Å². The van der Waals surface area contributed by atoms with E-state index in [1.807, 2.05) is 12.1 Å². The number of nitrogens with two attached hydrogens (primary N) is 1. The molecule has 7 nitrogen and oxygen atoms in total. The summed E-state index contributed by atoms with van der Waals surface area (Å²) < 4.78 is 5.30. The fourth-order valence-electron chi connectivity index (χ4n) is 1.88. The smallest absolute Gasteiger partial charge is 0.277 e. The van der Waals surface area contributed by atoms with E-state index in [0.717, 1.165) is 17.3 Å². The molecule has 0 spiro atoms. The number of hydrogen-bond acceptors (Lipinski definition) is 6. The Kier molecular flexibility index (Phi) is 5.61. The van der Waals surface area contributed by atoms with Gasteiger partial charge in [0.2, 0.25) is 11.8 Å². The molecule has 0 bridgehead atoms. The van der Waals surface area contributed by atoms with Crippen LogP contribution in [-0.2, 0) is 16.8 Å². The van der Waals surface area contributed by atoms with Crippen molar-refractivity contribution in [2.45, 2.75) is 38.0 Å². The van der Waals surface area contributed by atoms with Crippen LogP contribution in [0.5, 0.6) is 0 Å². The van der Waals surface area contributed by atoms with Crippen molar-refractivity contribution in [3.8, 4) is 0 Å². The summed E-state index contributed by atoms with van der Waals surface area (Å²) in [5, 5.41) is 10.5. The van der Waals surface area contributed by atoms with Crippen LogP contribution in [0.25, 0.3) is 0 Å². The van der Waals surface area contributed by atoms with Crippen molar-refractivity contribution in [3.05, 3.63) is 41.3 Å². The predicted molar refractivity (Wildman–Crippen MR) is 90.5 cm³/mol. The number of nitrogens with one attached hydrogen (secondary N) is 1. The Morgan fingerprint density at radius 2 is 1.88 bits per heavy atom. The first kappa shape index (κ1) is 18.0. The van der Waals surface area contributed by atoms with Gasteiger partial charge in [-0.2, -0.15) is 0 Å². The average Bonchev–Trinajstić information content (AvgIpc) is 2.98. The molecule has 2 amide bonds. The van der Waals surface area contributed by atoms with E-state index in [9.17, 15) is 9.59 Å². The maximum atomic E-state index is 12.1. The van der Waals surface area contributed by atoms with Gasteiger partial charge < -0.3 is 15.5 Å². The van der Waals surface area contributed by atoms with Crippen LogP contribution in [0.15, 0.2) is 33.9 Å². The molecule has 2 aromatic rings. The third-order valence-corrected chi connectivity index (χ3v) is 4.04. The Morgan fingerprint density at radius 1 is 1.21 bits per heavy atom. The van der Waals surface area contributed by atoms with Gasteiger partial charge in [0.05, 0.1) is 12.3 Å². The summed E-state index contributed by atoms with van der Waals surface area (Å²) in [6.45, 7) is 6.46. The highest BCUT2D eigenvalue weighted by molar-refractivity contribution is 7.99. The van der Waals surface area contributed by atoms with Crippen LogP contribution in [0.2, 0.25) is 0 Å². The first-order valence-electron chi connectivity index (χ1n) is 7.38. The number of rotatable bonds is 6. The number of primary amides is 1. The monoisotopic (exact) mass is 348 g/mol. The molecule has 0 aliphatic heterocycles. The summed E-state index contributed by atoms with van der Waals surface area (Å²) in [7, 11) is 0. The van der Waals surface area contributed by atoms with Gasteiger partial charge in [0.25, 0.3) is 11.1 Å². The van der Waals surface area contributed by atoms with E-state index in [2.05, 4.69) is 36.3 Å². The topological polar surface area (TPSA) is 111 Å². The summed E-state index contributed by atoms with van der Waals surface area (Å²) in [6.07, 6.45) is 0. The first-order chi connectivity index (χ1) is 11.3. The summed E-state index contributed by atoms with van der Waals surface area (Å²) >= 11 is 1.06. The largest absolute Gasteiger partial charge is 0.414 e. The molecule has 0 aliphatic rings. The van der Waals surface area contributed by atoms with E-state index >= 15 is 0 Å². The normalized spacial score (nSPS) is 11.3. The van der Waals surface area contributed by atoms with Crippen molar-refractivity contribution in [1.82, 2.24) is 15.5 Å². The third-order valence-electron chi connectivity index (χ3n) is 3.20. The summed E-state index contributed by atoms with van der Waals surface area (Å²) in [5.41, 5.74) is 6.80. The van der Waals surface area contributed by atoms with E-state index < -0.39 is 5.91 Å². The molecule has 1 aromatic heterocycles. The highest BCUT2D eigenvalue weighted by atomic mass is 32.2. The van der Waals surface area contributed by atoms with Crippen molar-refractivity contribution in [2.75, 3.05) is 5.75 Å². The zero-order valence-corrected chi connectivity index (χ0v) is 14.6. The number of benzene rings is 1. The van der Waals surface area contributed by atoms with E-state index in [4.69, 9.17) is 10.2 Å². The SMILES string of the molecule is CC(C)(C)c1ccc(C(=O)NCc2nnc(SCC(N)=O)o2)cc1. The number of carbonyl (C=O) groups is 2. The molecular formula is C16H20N4O3S. The van der Waals surface area contributed by atoms with Gasteiger partial charge in [0.1, 0.15) is 0 Å². The molecule has 0 aliphatic carbocycles. The van der Waals surface area contributed by atoms with Crippen LogP contribution < -0.4 is 11.1 Å². The predicted octanol–water partition coefficient (Wildman–Crippen LogP) is 1.87. The molecule has 24 heavy (non-hydrogen) atoms. The van der Waals surface area contributed by atoms with Gasteiger partial charge in [0.15, 0.2) is 0 Å². The Labute approximate surface area is 144 Å². The lowest BCUT2D eigenvalue weighted by atomic mass is 9.87. The molecule has 8 heteroatoms. The molecule has 0 unspecified atom stereocenters. The van der Waals surface area contributed by atoms with Gasteiger partial charge in [-0.1, -0.05) is 44.7 Å². The Balaban J connectivity index is 1.90. The van der Waals surface area contributed by atoms with E-state index in [1.54, 1.807) is 12.1 Å². The fourth-order valence-corrected chi connectivity index (χ4v) is 2.40. The molecule has 2 rings (SSSR count). The second kappa shape index (κ2) is 7.48. The van der Waals surface area contributed by atoms with E-state index in [0.29, 0.717) is 5.56 Å². The quantitative estimate of drug-likeness (QED) is 0.771. The van der Waals surface area contributed by atoms with Crippen LogP contribution in [0, 0.1) is 0 Å². The minimum absolute atomic E-state index is 0.0394. The standard InChI is InChI=1S/C16H20N4O3S/c1-16(2,3)11-6-4-10(5-7-11)14(22)18-8-13-19-20-15(23-13)24-9-12(17)21/h4-7H,8-9H2,1-3H3,(H2,17,21)(H,18,22). The van der Waals surface area contributed by atoms with Crippen LogP contribution >= 0.6 is 11.8 Å². The highest BCUT2D eigenvalue weighted by Gasteiger charge is 2.15. The lowest BCUT2D eigenvalue weighted by Gasteiger charge is -2.18. The lowest BCUT2D eigenvalue weighted by molar-refractivity contribution is -0.115. The van der Waals surface area contributed by atoms with Crippen molar-refractivity contribution >= 4 is 23.6 Å². The van der Waals surface area contributed by atoms with Gasteiger partial charge >= 0.3 is 0 Å². The minimum Gasteiger partial charge on any atom is -0.414 e. The molecule has 1 aromatic carbocycles. The highest BCUT2D eigenvalue weighted by Crippen LogP contribution is 2.22.